The van der Waals surface area contributed by atoms with Crippen LogP contribution in [0.15, 0.2) is 24.3 Å². The van der Waals surface area contributed by atoms with Crippen LogP contribution in [0.25, 0.3) is 0 Å². The van der Waals surface area contributed by atoms with Crippen LogP contribution < -0.4 is 10.6 Å². The standard InChI is InChI=1S/C16H24N2O2/c1-12(20-2)9-10-16(19)18-11-5-7-14(17)13-6-3-4-8-15(13)18/h3-4,6,8,12,14H,5,7,9-11,17H2,1-2H3. The van der Waals surface area contributed by atoms with Crippen LogP contribution in [-0.2, 0) is 9.53 Å². The molecule has 0 saturated heterocycles. The molecule has 2 N–H and O–H groups in total. The predicted molar refractivity (Wildman–Crippen MR) is 80.7 cm³/mol. The number of carbonyl (C=O) groups excluding carboxylic acids is 1. The first-order valence-corrected chi connectivity index (χ1v) is 7.31. The lowest BCUT2D eigenvalue weighted by atomic mass is 10.0. The summed E-state index contributed by atoms with van der Waals surface area (Å²) < 4.78 is 5.21. The second-order valence-corrected chi connectivity index (χ2v) is 5.44. The van der Waals surface area contributed by atoms with Crippen LogP contribution in [0, 0.1) is 0 Å². The van der Waals surface area contributed by atoms with E-state index in [0.717, 1.165) is 37.1 Å². The number of amides is 1. The number of nitrogens with two attached hydrogens (primary N) is 1. The smallest absolute Gasteiger partial charge is 0.227 e. The number of para-hydroxylation sites is 1. The molecule has 110 valence electrons. The van der Waals surface area contributed by atoms with Gasteiger partial charge in [0.05, 0.1) is 6.10 Å². The molecular weight excluding hydrogens is 252 g/mol. The van der Waals surface area contributed by atoms with Gasteiger partial charge in [-0.15, -0.1) is 0 Å². The van der Waals surface area contributed by atoms with E-state index in [0.29, 0.717) is 6.42 Å². The maximum atomic E-state index is 12.5. The van der Waals surface area contributed by atoms with Gasteiger partial charge in [-0.1, -0.05) is 18.2 Å². The van der Waals surface area contributed by atoms with Crippen molar-refractivity contribution in [1.82, 2.24) is 0 Å². The Morgan fingerprint density at radius 3 is 3.00 bits per heavy atom. The van der Waals surface area contributed by atoms with Crippen molar-refractivity contribution in [2.24, 2.45) is 5.73 Å². The molecule has 0 fully saturated rings. The van der Waals surface area contributed by atoms with Gasteiger partial charge in [0, 0.05) is 31.8 Å². The second kappa shape index (κ2) is 6.86. The minimum atomic E-state index is 0.0295. The highest BCUT2D eigenvalue weighted by Gasteiger charge is 2.24. The maximum Gasteiger partial charge on any atom is 0.227 e. The van der Waals surface area contributed by atoms with Crippen LogP contribution in [0.1, 0.15) is 44.2 Å². The molecule has 1 aromatic carbocycles. The van der Waals surface area contributed by atoms with Gasteiger partial charge < -0.3 is 15.4 Å². The zero-order valence-corrected chi connectivity index (χ0v) is 12.3. The van der Waals surface area contributed by atoms with Crippen molar-refractivity contribution in [3.8, 4) is 0 Å². The lowest BCUT2D eigenvalue weighted by Crippen LogP contribution is -2.32. The summed E-state index contributed by atoms with van der Waals surface area (Å²) in [6, 6.07) is 8.01. The Bertz CT molecular complexity index is 462. The highest BCUT2D eigenvalue weighted by atomic mass is 16.5. The zero-order valence-electron chi connectivity index (χ0n) is 12.3. The molecule has 1 heterocycles. The lowest BCUT2D eigenvalue weighted by Gasteiger charge is -2.24. The Hall–Kier alpha value is -1.39. The first-order valence-electron chi connectivity index (χ1n) is 7.31. The van der Waals surface area contributed by atoms with Gasteiger partial charge in [0.25, 0.3) is 0 Å². The summed E-state index contributed by atoms with van der Waals surface area (Å²) in [4.78, 5) is 14.4. The fourth-order valence-corrected chi connectivity index (χ4v) is 2.63. The van der Waals surface area contributed by atoms with Crippen molar-refractivity contribution in [1.29, 1.82) is 0 Å². The van der Waals surface area contributed by atoms with Gasteiger partial charge in [-0.3, -0.25) is 4.79 Å². The van der Waals surface area contributed by atoms with Gasteiger partial charge >= 0.3 is 0 Å². The number of hydrogen-bond acceptors (Lipinski definition) is 3. The molecule has 2 rings (SSSR count). The molecule has 1 aliphatic rings. The van der Waals surface area contributed by atoms with E-state index in [-0.39, 0.29) is 18.1 Å². The van der Waals surface area contributed by atoms with Gasteiger partial charge in [0.1, 0.15) is 0 Å². The average molecular weight is 276 g/mol. The highest BCUT2D eigenvalue weighted by Crippen LogP contribution is 2.31. The van der Waals surface area contributed by atoms with Crippen molar-refractivity contribution >= 4 is 11.6 Å². The lowest BCUT2D eigenvalue weighted by molar-refractivity contribution is -0.119. The number of rotatable bonds is 4. The molecule has 20 heavy (non-hydrogen) atoms. The Kier molecular flexibility index (Phi) is 5.15. The van der Waals surface area contributed by atoms with E-state index in [1.54, 1.807) is 7.11 Å². The van der Waals surface area contributed by atoms with Crippen molar-refractivity contribution < 1.29 is 9.53 Å². The molecule has 2 unspecified atom stereocenters. The summed E-state index contributed by atoms with van der Waals surface area (Å²) in [7, 11) is 1.68. The summed E-state index contributed by atoms with van der Waals surface area (Å²) in [5.41, 5.74) is 8.26. The van der Waals surface area contributed by atoms with E-state index < -0.39 is 0 Å². The summed E-state index contributed by atoms with van der Waals surface area (Å²) in [5.74, 6) is 0.162. The minimum absolute atomic E-state index is 0.0295. The van der Waals surface area contributed by atoms with E-state index in [1.807, 2.05) is 36.1 Å². The quantitative estimate of drug-likeness (QED) is 0.919. The Morgan fingerprint density at radius 1 is 1.50 bits per heavy atom. The molecule has 1 amide bonds. The van der Waals surface area contributed by atoms with E-state index in [9.17, 15) is 4.79 Å². The first-order chi connectivity index (χ1) is 9.63. The molecular formula is C16H24N2O2. The number of anilines is 1. The minimum Gasteiger partial charge on any atom is -0.382 e. The van der Waals surface area contributed by atoms with Crippen LogP contribution in [0.4, 0.5) is 5.69 Å². The zero-order chi connectivity index (χ0) is 14.5. The van der Waals surface area contributed by atoms with Crippen molar-refractivity contribution in [2.45, 2.75) is 44.8 Å². The van der Waals surface area contributed by atoms with Gasteiger partial charge in [-0.2, -0.15) is 0 Å². The molecule has 1 aromatic rings. The first kappa shape index (κ1) is 15.0. The van der Waals surface area contributed by atoms with Gasteiger partial charge in [0.2, 0.25) is 5.91 Å². The number of carbonyl (C=O) groups is 1. The number of methoxy groups -OCH3 is 1. The Morgan fingerprint density at radius 2 is 2.25 bits per heavy atom. The number of benzene rings is 1. The summed E-state index contributed by atoms with van der Waals surface area (Å²) in [6.07, 6.45) is 3.25. The number of ether oxygens (including phenoxy) is 1. The van der Waals surface area contributed by atoms with Crippen LogP contribution >= 0.6 is 0 Å². The molecule has 4 nitrogen and oxygen atoms in total. The third-order valence-corrected chi connectivity index (χ3v) is 3.99. The molecule has 4 heteroatoms. The monoisotopic (exact) mass is 276 g/mol. The maximum absolute atomic E-state index is 12.5. The molecule has 0 radical (unpaired) electrons. The predicted octanol–water partition coefficient (Wildman–Crippen LogP) is 2.63. The topological polar surface area (TPSA) is 55.6 Å². The van der Waals surface area contributed by atoms with E-state index in [2.05, 4.69) is 0 Å². The fraction of sp³-hybridized carbons (Fsp3) is 0.562. The van der Waals surface area contributed by atoms with Crippen molar-refractivity contribution in [2.75, 3.05) is 18.6 Å². The molecule has 0 aliphatic carbocycles. The summed E-state index contributed by atoms with van der Waals surface area (Å²) >= 11 is 0. The molecule has 0 saturated carbocycles. The Balaban J connectivity index is 2.15. The van der Waals surface area contributed by atoms with Gasteiger partial charge in [-0.05, 0) is 37.8 Å². The molecule has 0 bridgehead atoms. The summed E-state index contributed by atoms with van der Waals surface area (Å²) in [6.45, 7) is 2.74. The van der Waals surface area contributed by atoms with Crippen LogP contribution in [-0.4, -0.2) is 25.7 Å². The normalized spacial score (nSPS) is 20.1. The van der Waals surface area contributed by atoms with Crippen LogP contribution in [0.5, 0.6) is 0 Å². The fourth-order valence-electron chi connectivity index (χ4n) is 2.63. The summed E-state index contributed by atoms with van der Waals surface area (Å²) in [5, 5.41) is 0. The van der Waals surface area contributed by atoms with E-state index >= 15 is 0 Å². The van der Waals surface area contributed by atoms with E-state index in [1.165, 1.54) is 0 Å². The van der Waals surface area contributed by atoms with Gasteiger partial charge in [0.15, 0.2) is 0 Å². The SMILES string of the molecule is COC(C)CCC(=O)N1CCCC(N)c2ccccc21. The Labute approximate surface area is 120 Å². The second-order valence-electron chi connectivity index (χ2n) is 5.44. The molecule has 0 aromatic heterocycles. The molecule has 1 aliphatic heterocycles. The molecule has 0 spiro atoms. The number of hydrogen-bond donors (Lipinski definition) is 1. The van der Waals surface area contributed by atoms with E-state index in [4.69, 9.17) is 10.5 Å². The number of nitrogens with zero attached hydrogens (tertiary/aromatic N) is 1. The third kappa shape index (κ3) is 3.38. The van der Waals surface area contributed by atoms with Crippen molar-refractivity contribution in [3.63, 3.8) is 0 Å². The molecule has 2 atom stereocenters. The number of fused-ring (bicyclic) bond motifs is 1. The van der Waals surface area contributed by atoms with Crippen LogP contribution in [0.2, 0.25) is 0 Å². The average Bonchev–Trinajstić information content (AvgIpc) is 2.64. The largest absolute Gasteiger partial charge is 0.382 e. The van der Waals surface area contributed by atoms with Gasteiger partial charge in [-0.25, -0.2) is 0 Å². The highest BCUT2D eigenvalue weighted by molar-refractivity contribution is 5.94. The van der Waals surface area contributed by atoms with Crippen LogP contribution in [0.3, 0.4) is 0 Å². The van der Waals surface area contributed by atoms with Crippen molar-refractivity contribution in [3.05, 3.63) is 29.8 Å². The third-order valence-electron chi connectivity index (χ3n) is 3.99.